The van der Waals surface area contributed by atoms with Crippen molar-refractivity contribution in [2.24, 2.45) is 5.73 Å². The van der Waals surface area contributed by atoms with Crippen molar-refractivity contribution >= 4 is 12.1 Å². The normalized spacial score (nSPS) is 14.2. The summed E-state index contributed by atoms with van der Waals surface area (Å²) in [5, 5.41) is 18.7. The van der Waals surface area contributed by atoms with E-state index in [4.69, 9.17) is 19.9 Å². The third-order valence-corrected chi connectivity index (χ3v) is 3.47. The summed E-state index contributed by atoms with van der Waals surface area (Å²) in [7, 11) is 0. The van der Waals surface area contributed by atoms with Crippen LogP contribution >= 0.6 is 0 Å². The van der Waals surface area contributed by atoms with Crippen LogP contribution in [0.15, 0.2) is 18.2 Å². The van der Waals surface area contributed by atoms with E-state index in [1.165, 1.54) is 12.1 Å². The molecule has 0 bridgehead atoms. The van der Waals surface area contributed by atoms with Crippen molar-refractivity contribution in [1.29, 1.82) is 0 Å². The number of carbonyl (C=O) groups excluding carboxylic acids is 2. The van der Waals surface area contributed by atoms with E-state index in [0.717, 1.165) is 0 Å². The van der Waals surface area contributed by atoms with Crippen LogP contribution in [-0.4, -0.2) is 47.2 Å². The van der Waals surface area contributed by atoms with Gasteiger partial charge in [-0.25, -0.2) is 4.79 Å². The van der Waals surface area contributed by atoms with Gasteiger partial charge < -0.3 is 30.2 Å². The number of hydrogen-bond donors (Lipinski definition) is 3. The van der Waals surface area contributed by atoms with Gasteiger partial charge in [-0.2, -0.15) is 0 Å². The molecule has 1 aromatic carbocycles. The Hall–Kier alpha value is -2.48. The van der Waals surface area contributed by atoms with E-state index >= 15 is 0 Å². The highest BCUT2D eigenvalue weighted by molar-refractivity contribution is 5.76. The summed E-state index contributed by atoms with van der Waals surface area (Å²) in [6.45, 7) is 5.27. The summed E-state index contributed by atoms with van der Waals surface area (Å²) in [4.78, 5) is 23.4. The molecular formula is C17H25NO7. The van der Waals surface area contributed by atoms with E-state index in [9.17, 15) is 19.8 Å². The Kier molecular flexibility index (Phi) is 8.00. The van der Waals surface area contributed by atoms with Crippen LogP contribution in [0.5, 0.6) is 11.5 Å². The van der Waals surface area contributed by atoms with Crippen LogP contribution in [0.1, 0.15) is 32.8 Å². The van der Waals surface area contributed by atoms with Gasteiger partial charge in [0.15, 0.2) is 11.5 Å². The fourth-order valence-electron chi connectivity index (χ4n) is 1.87. The van der Waals surface area contributed by atoms with Crippen molar-refractivity contribution in [3.8, 4) is 11.5 Å². The van der Waals surface area contributed by atoms with Crippen LogP contribution in [0, 0.1) is 0 Å². The summed E-state index contributed by atoms with van der Waals surface area (Å²) in [6, 6.07) is 3.21. The first kappa shape index (κ1) is 20.6. The summed E-state index contributed by atoms with van der Waals surface area (Å²) >= 11 is 0. The lowest BCUT2D eigenvalue weighted by Gasteiger charge is -2.22. The molecule has 4 N–H and O–H groups in total. The topological polar surface area (TPSA) is 128 Å². The predicted octanol–water partition coefficient (Wildman–Crippen LogP) is 1.85. The monoisotopic (exact) mass is 355 g/mol. The molecule has 0 heterocycles. The number of hydrogen-bond acceptors (Lipinski definition) is 8. The highest BCUT2D eigenvalue weighted by atomic mass is 16.7. The Balaban J connectivity index is 2.50. The van der Waals surface area contributed by atoms with E-state index in [0.29, 0.717) is 12.0 Å². The van der Waals surface area contributed by atoms with Gasteiger partial charge in [0, 0.05) is 0 Å². The number of benzene rings is 1. The van der Waals surface area contributed by atoms with Crippen molar-refractivity contribution in [2.75, 3.05) is 6.61 Å². The molecule has 0 spiro atoms. The number of esters is 1. The van der Waals surface area contributed by atoms with Crippen LogP contribution in [0.3, 0.4) is 0 Å². The number of phenols is 2. The summed E-state index contributed by atoms with van der Waals surface area (Å²) in [5.41, 5.74) is 6.37. The van der Waals surface area contributed by atoms with Gasteiger partial charge in [0.1, 0.15) is 18.2 Å². The first-order chi connectivity index (χ1) is 11.7. The predicted molar refractivity (Wildman–Crippen MR) is 89.2 cm³/mol. The number of aromatic hydroxyl groups is 2. The largest absolute Gasteiger partial charge is 0.508 e. The van der Waals surface area contributed by atoms with Gasteiger partial charge >= 0.3 is 12.1 Å². The molecule has 0 aliphatic carbocycles. The average molecular weight is 355 g/mol. The molecule has 0 unspecified atom stereocenters. The molecule has 1 aromatic rings. The molecular weight excluding hydrogens is 330 g/mol. The first-order valence-corrected chi connectivity index (χ1v) is 8.04. The van der Waals surface area contributed by atoms with Crippen LogP contribution in [0.4, 0.5) is 4.79 Å². The Morgan fingerprint density at radius 1 is 1.12 bits per heavy atom. The number of carbonyl (C=O) groups is 2. The number of rotatable bonds is 8. The van der Waals surface area contributed by atoms with Gasteiger partial charge in [-0.3, -0.25) is 4.79 Å². The van der Waals surface area contributed by atoms with Gasteiger partial charge in [0.2, 0.25) is 0 Å². The maximum absolute atomic E-state index is 12.0. The molecule has 0 saturated carbocycles. The maximum Gasteiger partial charge on any atom is 0.508 e. The van der Waals surface area contributed by atoms with Gasteiger partial charge in [0.05, 0.1) is 6.61 Å². The zero-order chi connectivity index (χ0) is 19.0. The highest BCUT2D eigenvalue weighted by Gasteiger charge is 2.24. The van der Waals surface area contributed by atoms with Crippen molar-refractivity contribution in [2.45, 2.75) is 51.9 Å². The van der Waals surface area contributed by atoms with Crippen molar-refractivity contribution in [3.63, 3.8) is 0 Å². The van der Waals surface area contributed by atoms with Gasteiger partial charge in [-0.1, -0.05) is 13.0 Å². The zero-order valence-electron chi connectivity index (χ0n) is 14.6. The van der Waals surface area contributed by atoms with E-state index in [1.807, 2.05) is 6.92 Å². The van der Waals surface area contributed by atoms with Crippen LogP contribution < -0.4 is 5.73 Å². The lowest BCUT2D eigenvalue weighted by molar-refractivity contribution is -0.155. The molecule has 8 heteroatoms. The SMILES string of the molecule is CCCOC(=O)O[C@@H](C)[C@@H](C)OC(=O)[C@@H](N)Cc1ccc(O)c(O)c1. The van der Waals surface area contributed by atoms with Crippen LogP contribution in [0.2, 0.25) is 0 Å². The second-order valence-electron chi connectivity index (χ2n) is 5.70. The van der Waals surface area contributed by atoms with E-state index < -0.39 is 30.4 Å². The number of phenolic OH excluding ortho intramolecular Hbond substituents is 2. The fraction of sp³-hybridized carbons (Fsp3) is 0.529. The molecule has 1 rings (SSSR count). The van der Waals surface area contributed by atoms with Crippen molar-refractivity contribution in [3.05, 3.63) is 23.8 Å². The van der Waals surface area contributed by atoms with Gasteiger partial charge in [-0.05, 0) is 44.4 Å². The molecule has 25 heavy (non-hydrogen) atoms. The Bertz CT molecular complexity index is 590. The molecule has 0 aromatic heterocycles. The van der Waals surface area contributed by atoms with E-state index in [2.05, 4.69) is 0 Å². The standard InChI is InChI=1S/C17H25NO7/c1-4-7-23-17(22)25-11(3)10(2)24-16(21)13(18)8-12-5-6-14(19)15(20)9-12/h5-6,9-11,13,19-20H,4,7-8,18H2,1-3H3/t10-,11+,13+/m1/s1. The minimum absolute atomic E-state index is 0.118. The molecule has 8 nitrogen and oxygen atoms in total. The quantitative estimate of drug-likeness (QED) is 0.476. The van der Waals surface area contributed by atoms with E-state index in [1.54, 1.807) is 19.9 Å². The van der Waals surface area contributed by atoms with Crippen molar-refractivity contribution < 1.29 is 34.0 Å². The molecule has 3 atom stereocenters. The lowest BCUT2D eigenvalue weighted by atomic mass is 10.1. The molecule has 140 valence electrons. The zero-order valence-corrected chi connectivity index (χ0v) is 14.6. The minimum Gasteiger partial charge on any atom is -0.504 e. The Labute approximate surface area is 146 Å². The molecule has 0 aliphatic heterocycles. The molecule has 0 amide bonds. The van der Waals surface area contributed by atoms with Gasteiger partial charge in [0.25, 0.3) is 0 Å². The number of nitrogens with two attached hydrogens (primary N) is 1. The average Bonchev–Trinajstić information content (AvgIpc) is 2.56. The maximum atomic E-state index is 12.0. The Morgan fingerprint density at radius 3 is 2.36 bits per heavy atom. The lowest BCUT2D eigenvalue weighted by Crippen LogP contribution is -2.39. The smallest absolute Gasteiger partial charge is 0.504 e. The number of ether oxygens (including phenoxy) is 3. The third-order valence-electron chi connectivity index (χ3n) is 3.47. The summed E-state index contributed by atoms with van der Waals surface area (Å²) in [5.74, 6) is -1.22. The highest BCUT2D eigenvalue weighted by Crippen LogP contribution is 2.25. The molecule has 0 radical (unpaired) electrons. The Morgan fingerprint density at radius 2 is 1.76 bits per heavy atom. The van der Waals surface area contributed by atoms with E-state index in [-0.39, 0.29) is 24.5 Å². The van der Waals surface area contributed by atoms with Crippen LogP contribution in [-0.2, 0) is 25.4 Å². The molecule has 0 fully saturated rings. The van der Waals surface area contributed by atoms with Crippen molar-refractivity contribution in [1.82, 2.24) is 0 Å². The second kappa shape index (κ2) is 9.73. The van der Waals surface area contributed by atoms with Crippen LogP contribution in [0.25, 0.3) is 0 Å². The minimum atomic E-state index is -0.967. The summed E-state index contributed by atoms with van der Waals surface area (Å²) < 4.78 is 15.0. The second-order valence-corrected chi connectivity index (χ2v) is 5.70. The van der Waals surface area contributed by atoms with Gasteiger partial charge in [-0.15, -0.1) is 0 Å². The fourth-order valence-corrected chi connectivity index (χ4v) is 1.87. The first-order valence-electron chi connectivity index (χ1n) is 8.04. The molecule has 0 aliphatic rings. The summed E-state index contributed by atoms with van der Waals surface area (Å²) in [6.07, 6.45) is -1.43. The molecule has 0 saturated heterocycles. The third kappa shape index (κ3) is 6.88.